The summed E-state index contributed by atoms with van der Waals surface area (Å²) in [5.74, 6) is -0.174. The van der Waals surface area contributed by atoms with E-state index in [-0.39, 0.29) is 42.6 Å². The first-order valence-electron chi connectivity index (χ1n) is 14.5. The van der Waals surface area contributed by atoms with Gasteiger partial charge >= 0.3 is 6.03 Å². The molecule has 10 nitrogen and oxygen atoms in total. The molecule has 1 aliphatic heterocycles. The van der Waals surface area contributed by atoms with E-state index in [9.17, 15) is 13.6 Å². The third kappa shape index (κ3) is 7.15. The number of urea groups is 1. The van der Waals surface area contributed by atoms with Gasteiger partial charge in [0, 0.05) is 43.3 Å². The minimum atomic E-state index is -0.796. The number of fused-ring (bicyclic) bond motifs is 1. The maximum atomic E-state index is 14.0. The lowest BCUT2D eigenvalue weighted by atomic mass is 9.92. The second-order valence-electron chi connectivity index (χ2n) is 11.4. The van der Waals surface area contributed by atoms with Gasteiger partial charge in [-0.1, -0.05) is 12.8 Å². The zero-order valence-corrected chi connectivity index (χ0v) is 25.0. The molecular weight excluding hydrogens is 587 g/mol. The highest BCUT2D eigenvalue weighted by Gasteiger charge is 2.27. The van der Waals surface area contributed by atoms with Crippen molar-refractivity contribution in [2.45, 2.75) is 88.4 Å². The van der Waals surface area contributed by atoms with Gasteiger partial charge in [-0.25, -0.2) is 18.6 Å². The monoisotopic (exact) mass is 625 g/mol. The van der Waals surface area contributed by atoms with E-state index in [1.54, 1.807) is 4.90 Å². The summed E-state index contributed by atoms with van der Waals surface area (Å²) in [5.41, 5.74) is 7.68. The molecule has 2 amide bonds. The second kappa shape index (κ2) is 14.0. The molecule has 2 aliphatic carbocycles. The number of nitrogens with one attached hydrogen (secondary N) is 3. The number of aromatic nitrogens is 4. The number of amides is 2. The van der Waals surface area contributed by atoms with Crippen LogP contribution >= 0.6 is 24.8 Å². The van der Waals surface area contributed by atoms with E-state index < -0.39 is 17.7 Å². The molecule has 230 valence electrons. The first kappa shape index (κ1) is 32.0. The third-order valence-electron chi connectivity index (χ3n) is 8.54. The fraction of sp³-hybridized carbons (Fsp3) is 0.571. The molecule has 3 aromatic rings. The topological polar surface area (TPSA) is 126 Å². The Morgan fingerprint density at radius 1 is 0.905 bits per heavy atom. The Morgan fingerprint density at radius 3 is 2.29 bits per heavy atom. The summed E-state index contributed by atoms with van der Waals surface area (Å²) in [5, 5.41) is 9.70. The van der Waals surface area contributed by atoms with Crippen LogP contribution in [0.1, 0.15) is 70.3 Å². The number of nitrogens with zero attached hydrogens (tertiary/aromatic N) is 5. The Bertz CT molecular complexity index is 1350. The van der Waals surface area contributed by atoms with Crippen LogP contribution in [-0.4, -0.2) is 61.7 Å². The van der Waals surface area contributed by atoms with Gasteiger partial charge in [-0.05, 0) is 63.5 Å². The molecule has 0 unspecified atom stereocenters. The normalized spacial score (nSPS) is 21.5. The van der Waals surface area contributed by atoms with Crippen LogP contribution in [0.15, 0.2) is 24.5 Å². The molecule has 0 radical (unpaired) electrons. The van der Waals surface area contributed by atoms with E-state index in [0.717, 1.165) is 61.8 Å². The van der Waals surface area contributed by atoms with Gasteiger partial charge in [0.05, 0.1) is 12.0 Å². The average molecular weight is 627 g/mol. The quantitative estimate of drug-likeness (QED) is 0.270. The van der Waals surface area contributed by atoms with Crippen LogP contribution in [0.25, 0.3) is 11.2 Å². The van der Waals surface area contributed by atoms with E-state index >= 15 is 0 Å². The predicted molar refractivity (Wildman–Crippen MR) is 165 cm³/mol. The molecule has 3 aliphatic rings. The predicted octanol–water partition coefficient (Wildman–Crippen LogP) is 5.85. The molecule has 2 aromatic heterocycles. The second-order valence-corrected chi connectivity index (χ2v) is 11.4. The molecule has 1 saturated heterocycles. The van der Waals surface area contributed by atoms with Crippen molar-refractivity contribution in [1.82, 2.24) is 24.4 Å². The number of piperidine rings is 1. The van der Waals surface area contributed by atoms with Crippen molar-refractivity contribution in [2.24, 2.45) is 5.73 Å². The van der Waals surface area contributed by atoms with Gasteiger partial charge in [0.1, 0.15) is 11.6 Å². The Hall–Kier alpha value is -2.96. The Balaban J connectivity index is 0.00000202. The first-order chi connectivity index (χ1) is 19.4. The van der Waals surface area contributed by atoms with Crippen molar-refractivity contribution in [3.8, 4) is 0 Å². The molecule has 0 spiro atoms. The van der Waals surface area contributed by atoms with Gasteiger partial charge in [-0.3, -0.25) is 0 Å². The SMILES string of the molecule is Cl.Cl.NC1CCC(Nc2nc(NC3CCN(C(=O)Nc4ccc(F)cc4F)CC3)c3ncn(C4CCCC4)c3n2)CC1. The van der Waals surface area contributed by atoms with Gasteiger partial charge in [-0.15, -0.1) is 24.8 Å². The van der Waals surface area contributed by atoms with E-state index in [1.165, 1.54) is 18.9 Å². The molecule has 5 N–H and O–H groups in total. The molecule has 3 heterocycles. The van der Waals surface area contributed by atoms with Gasteiger partial charge in [0.2, 0.25) is 5.95 Å². The maximum Gasteiger partial charge on any atom is 0.321 e. The number of halogens is 4. The highest BCUT2D eigenvalue weighted by atomic mass is 35.5. The van der Waals surface area contributed by atoms with Crippen molar-refractivity contribution < 1.29 is 13.6 Å². The number of imidazole rings is 1. The summed E-state index contributed by atoms with van der Waals surface area (Å²) >= 11 is 0. The minimum Gasteiger partial charge on any atom is -0.365 e. The lowest BCUT2D eigenvalue weighted by Gasteiger charge is -2.32. The molecule has 14 heteroatoms. The zero-order chi connectivity index (χ0) is 27.6. The van der Waals surface area contributed by atoms with Crippen LogP contribution in [-0.2, 0) is 0 Å². The van der Waals surface area contributed by atoms with E-state index in [4.69, 9.17) is 20.7 Å². The maximum absolute atomic E-state index is 14.0. The number of carbonyl (C=O) groups excluding carboxylic acids is 1. The summed E-state index contributed by atoms with van der Waals surface area (Å²) < 4.78 is 29.4. The number of rotatable bonds is 6. The summed E-state index contributed by atoms with van der Waals surface area (Å²) in [6.45, 7) is 0.981. The first-order valence-corrected chi connectivity index (χ1v) is 14.5. The molecular formula is C28H39Cl2F2N9O. The number of likely N-dealkylation sites (tertiary alicyclic amines) is 1. The van der Waals surface area contributed by atoms with Crippen LogP contribution in [0.2, 0.25) is 0 Å². The van der Waals surface area contributed by atoms with Crippen LogP contribution in [0.3, 0.4) is 0 Å². The largest absolute Gasteiger partial charge is 0.365 e. The van der Waals surface area contributed by atoms with Crippen LogP contribution in [0.5, 0.6) is 0 Å². The van der Waals surface area contributed by atoms with Crippen LogP contribution < -0.4 is 21.7 Å². The van der Waals surface area contributed by atoms with Crippen molar-refractivity contribution in [1.29, 1.82) is 0 Å². The lowest BCUT2D eigenvalue weighted by molar-refractivity contribution is 0.197. The number of hydrogen-bond donors (Lipinski definition) is 4. The number of benzene rings is 1. The molecule has 3 fully saturated rings. The standard InChI is InChI=1S/C28H37F2N9O.2ClH/c29-17-5-10-23(22(30)15-17)35-28(40)38-13-11-20(12-14-38)33-25-24-26(39(16-32-24)21-3-1-2-4-21)37-27(36-25)34-19-8-6-18(31)7-9-19;;/h5,10,15-16,18-21H,1-4,6-9,11-14,31H2,(H,35,40)(H2,33,34,36,37);2*1H. The fourth-order valence-electron chi connectivity index (χ4n) is 6.18. The van der Waals surface area contributed by atoms with Crippen LogP contribution in [0.4, 0.5) is 31.0 Å². The van der Waals surface area contributed by atoms with Gasteiger partial charge in [0.15, 0.2) is 17.0 Å². The molecule has 6 rings (SSSR count). The zero-order valence-electron chi connectivity index (χ0n) is 23.4. The summed E-state index contributed by atoms with van der Waals surface area (Å²) in [6, 6.07) is 3.76. The molecule has 2 saturated carbocycles. The van der Waals surface area contributed by atoms with E-state index in [1.807, 2.05) is 6.33 Å². The average Bonchev–Trinajstić information content (AvgIpc) is 3.62. The molecule has 1 aromatic carbocycles. The Labute approximate surface area is 256 Å². The summed E-state index contributed by atoms with van der Waals surface area (Å²) in [4.78, 5) is 28.9. The number of anilines is 3. The fourth-order valence-corrected chi connectivity index (χ4v) is 6.18. The van der Waals surface area contributed by atoms with Gasteiger partial charge in [-0.2, -0.15) is 9.97 Å². The molecule has 0 bridgehead atoms. The van der Waals surface area contributed by atoms with E-state index in [0.29, 0.717) is 49.8 Å². The van der Waals surface area contributed by atoms with Crippen molar-refractivity contribution >= 4 is 59.5 Å². The van der Waals surface area contributed by atoms with Crippen molar-refractivity contribution in [2.75, 3.05) is 29.0 Å². The van der Waals surface area contributed by atoms with Crippen molar-refractivity contribution in [3.05, 3.63) is 36.2 Å². The summed E-state index contributed by atoms with van der Waals surface area (Å²) in [6.07, 6.45) is 11.9. The van der Waals surface area contributed by atoms with Crippen molar-refractivity contribution in [3.63, 3.8) is 0 Å². The molecule has 0 atom stereocenters. The minimum absolute atomic E-state index is 0. The van der Waals surface area contributed by atoms with E-state index in [2.05, 4.69) is 20.5 Å². The number of carbonyl (C=O) groups is 1. The number of hydrogen-bond acceptors (Lipinski definition) is 7. The highest BCUT2D eigenvalue weighted by molar-refractivity contribution is 5.89. The molecule has 42 heavy (non-hydrogen) atoms. The third-order valence-corrected chi connectivity index (χ3v) is 8.54. The Kier molecular flexibility index (Phi) is 10.7. The van der Waals surface area contributed by atoms with Gasteiger partial charge in [0.25, 0.3) is 0 Å². The lowest BCUT2D eigenvalue weighted by Crippen LogP contribution is -2.44. The number of nitrogens with two attached hydrogens (primary N) is 1. The smallest absolute Gasteiger partial charge is 0.321 e. The summed E-state index contributed by atoms with van der Waals surface area (Å²) in [7, 11) is 0. The van der Waals surface area contributed by atoms with Gasteiger partial charge < -0.3 is 31.2 Å². The Morgan fingerprint density at radius 2 is 1.60 bits per heavy atom. The van der Waals surface area contributed by atoms with Crippen LogP contribution in [0, 0.1) is 11.6 Å². The highest BCUT2D eigenvalue weighted by Crippen LogP contribution is 2.34.